The molecule has 0 radical (unpaired) electrons. The summed E-state index contributed by atoms with van der Waals surface area (Å²) in [5.41, 5.74) is 2.86. The van der Waals surface area contributed by atoms with Gasteiger partial charge < -0.3 is 14.6 Å². The molecule has 3 heterocycles. The number of carbonyl (C=O) groups excluding carboxylic acids is 1. The van der Waals surface area contributed by atoms with Gasteiger partial charge in [0.2, 0.25) is 0 Å². The average Bonchev–Trinajstić information content (AvgIpc) is 3.17. The van der Waals surface area contributed by atoms with Crippen molar-refractivity contribution in [1.82, 2.24) is 4.98 Å². The molecule has 0 aliphatic carbocycles. The topological polar surface area (TPSA) is 58.4 Å². The second-order valence-corrected chi connectivity index (χ2v) is 7.13. The molecular formula is C21H23N3O2. The lowest BCUT2D eigenvalue weighted by Crippen LogP contribution is -2.33. The van der Waals surface area contributed by atoms with E-state index in [2.05, 4.69) is 30.1 Å². The van der Waals surface area contributed by atoms with Crippen LogP contribution in [0.1, 0.15) is 35.9 Å². The first-order chi connectivity index (χ1) is 12.6. The summed E-state index contributed by atoms with van der Waals surface area (Å²) in [4.78, 5) is 19.4. The predicted molar refractivity (Wildman–Crippen MR) is 104 cm³/mol. The molecule has 0 atom stereocenters. The van der Waals surface area contributed by atoms with Crippen molar-refractivity contribution in [3.05, 3.63) is 54.0 Å². The molecule has 0 unspecified atom stereocenters. The number of nitrogens with one attached hydrogen (secondary N) is 1. The SMILES string of the molecule is Cc1cc(N2CCC(C)CC2)nc2ccc(NC(=O)c3ccco3)cc12. The van der Waals surface area contributed by atoms with Crippen molar-refractivity contribution in [3.63, 3.8) is 0 Å². The molecule has 1 N–H and O–H groups in total. The Hall–Kier alpha value is -2.82. The minimum atomic E-state index is -0.251. The van der Waals surface area contributed by atoms with E-state index in [-0.39, 0.29) is 5.91 Å². The van der Waals surface area contributed by atoms with Crippen LogP contribution in [0.25, 0.3) is 10.9 Å². The zero-order valence-electron chi connectivity index (χ0n) is 15.2. The van der Waals surface area contributed by atoms with E-state index in [0.29, 0.717) is 5.76 Å². The second-order valence-electron chi connectivity index (χ2n) is 7.13. The smallest absolute Gasteiger partial charge is 0.291 e. The van der Waals surface area contributed by atoms with Crippen molar-refractivity contribution in [2.45, 2.75) is 26.7 Å². The quantitative estimate of drug-likeness (QED) is 0.749. The average molecular weight is 349 g/mol. The molecule has 5 nitrogen and oxygen atoms in total. The Labute approximate surface area is 153 Å². The van der Waals surface area contributed by atoms with Crippen molar-refractivity contribution < 1.29 is 9.21 Å². The first kappa shape index (κ1) is 16.6. The normalized spacial score (nSPS) is 15.4. The Morgan fingerprint density at radius 1 is 1.23 bits per heavy atom. The highest BCUT2D eigenvalue weighted by atomic mass is 16.3. The van der Waals surface area contributed by atoms with Gasteiger partial charge in [-0.2, -0.15) is 0 Å². The number of fused-ring (bicyclic) bond motifs is 1. The van der Waals surface area contributed by atoms with Crippen molar-refractivity contribution in [1.29, 1.82) is 0 Å². The summed E-state index contributed by atoms with van der Waals surface area (Å²) in [5.74, 6) is 1.90. The maximum absolute atomic E-state index is 12.2. The fourth-order valence-corrected chi connectivity index (χ4v) is 3.45. The zero-order valence-corrected chi connectivity index (χ0v) is 15.2. The van der Waals surface area contributed by atoms with E-state index in [1.807, 2.05) is 18.2 Å². The highest BCUT2D eigenvalue weighted by Crippen LogP contribution is 2.28. The van der Waals surface area contributed by atoms with E-state index in [0.717, 1.165) is 47.0 Å². The van der Waals surface area contributed by atoms with Crippen molar-refractivity contribution >= 4 is 28.3 Å². The van der Waals surface area contributed by atoms with Crippen LogP contribution in [-0.4, -0.2) is 24.0 Å². The van der Waals surface area contributed by atoms with E-state index in [1.54, 1.807) is 12.1 Å². The maximum atomic E-state index is 12.2. The van der Waals surface area contributed by atoms with Crippen molar-refractivity contribution in [3.8, 4) is 0 Å². The fraction of sp³-hybridized carbons (Fsp3) is 0.333. The third-order valence-corrected chi connectivity index (χ3v) is 5.11. The number of pyridine rings is 1. The lowest BCUT2D eigenvalue weighted by Gasteiger charge is -2.31. The molecule has 1 aliphatic rings. The number of nitrogens with zero attached hydrogens (tertiary/aromatic N) is 2. The molecule has 0 spiro atoms. The van der Waals surface area contributed by atoms with Crippen LogP contribution in [0.2, 0.25) is 0 Å². The summed E-state index contributed by atoms with van der Waals surface area (Å²) in [5, 5.41) is 3.93. The third kappa shape index (κ3) is 3.29. The summed E-state index contributed by atoms with van der Waals surface area (Å²) in [7, 11) is 0. The molecule has 1 aromatic carbocycles. The van der Waals surface area contributed by atoms with E-state index >= 15 is 0 Å². The van der Waals surface area contributed by atoms with E-state index in [4.69, 9.17) is 9.40 Å². The van der Waals surface area contributed by atoms with Gasteiger partial charge in [-0.1, -0.05) is 6.92 Å². The van der Waals surface area contributed by atoms with Crippen molar-refractivity contribution in [2.24, 2.45) is 5.92 Å². The van der Waals surface area contributed by atoms with Crippen molar-refractivity contribution in [2.75, 3.05) is 23.3 Å². The van der Waals surface area contributed by atoms with Crippen LogP contribution in [0, 0.1) is 12.8 Å². The maximum Gasteiger partial charge on any atom is 0.291 e. The van der Waals surface area contributed by atoms with Gasteiger partial charge in [0, 0.05) is 24.2 Å². The van der Waals surface area contributed by atoms with Crippen LogP contribution in [0.5, 0.6) is 0 Å². The van der Waals surface area contributed by atoms with Gasteiger partial charge in [-0.05, 0) is 67.6 Å². The van der Waals surface area contributed by atoms with E-state index < -0.39 is 0 Å². The van der Waals surface area contributed by atoms with Gasteiger partial charge in [0.25, 0.3) is 5.91 Å². The number of aromatic nitrogens is 1. The monoisotopic (exact) mass is 349 g/mol. The molecule has 2 aromatic heterocycles. The minimum Gasteiger partial charge on any atom is -0.459 e. The highest BCUT2D eigenvalue weighted by molar-refractivity contribution is 6.03. The summed E-state index contributed by atoms with van der Waals surface area (Å²) >= 11 is 0. The molecule has 0 saturated carbocycles. The van der Waals surface area contributed by atoms with Gasteiger partial charge in [-0.25, -0.2) is 4.98 Å². The van der Waals surface area contributed by atoms with Gasteiger partial charge >= 0.3 is 0 Å². The van der Waals surface area contributed by atoms with Crippen LogP contribution >= 0.6 is 0 Å². The number of piperidine rings is 1. The van der Waals surface area contributed by atoms with Crippen LogP contribution in [0.4, 0.5) is 11.5 Å². The van der Waals surface area contributed by atoms with Crippen LogP contribution < -0.4 is 10.2 Å². The molecule has 134 valence electrons. The Morgan fingerprint density at radius 2 is 2.04 bits per heavy atom. The molecule has 1 saturated heterocycles. The molecule has 1 aliphatic heterocycles. The van der Waals surface area contributed by atoms with Gasteiger partial charge in [0.05, 0.1) is 11.8 Å². The lowest BCUT2D eigenvalue weighted by atomic mass is 9.99. The molecule has 1 amide bonds. The lowest BCUT2D eigenvalue weighted by molar-refractivity contribution is 0.0996. The predicted octanol–water partition coefficient (Wildman–Crippen LogP) is 4.62. The Balaban J connectivity index is 1.59. The number of rotatable bonds is 3. The fourth-order valence-electron chi connectivity index (χ4n) is 3.45. The summed E-state index contributed by atoms with van der Waals surface area (Å²) in [6, 6.07) is 11.3. The molecular weight excluding hydrogens is 326 g/mol. The number of furan rings is 1. The number of aryl methyl sites for hydroxylation is 1. The Kier molecular flexibility index (Phi) is 4.37. The second kappa shape index (κ2) is 6.83. The number of carbonyl (C=O) groups is 1. The van der Waals surface area contributed by atoms with Crippen LogP contribution in [0.3, 0.4) is 0 Å². The molecule has 5 heteroatoms. The number of amides is 1. The molecule has 3 aromatic rings. The zero-order chi connectivity index (χ0) is 18.1. The minimum absolute atomic E-state index is 0.251. The first-order valence-electron chi connectivity index (χ1n) is 9.11. The summed E-state index contributed by atoms with van der Waals surface area (Å²) < 4.78 is 5.14. The molecule has 4 rings (SSSR count). The van der Waals surface area contributed by atoms with Gasteiger partial charge in [-0.3, -0.25) is 4.79 Å². The van der Waals surface area contributed by atoms with E-state index in [9.17, 15) is 4.79 Å². The molecule has 26 heavy (non-hydrogen) atoms. The Bertz CT molecular complexity index is 926. The van der Waals surface area contributed by atoms with Gasteiger partial charge in [0.1, 0.15) is 5.82 Å². The standard InChI is InChI=1S/C21H23N3O2/c1-14-7-9-24(10-8-14)20-12-15(2)17-13-16(5-6-18(17)23-20)22-21(25)19-4-3-11-26-19/h3-6,11-14H,7-10H2,1-2H3,(H,22,25). The summed E-state index contributed by atoms with van der Waals surface area (Å²) in [6.45, 7) is 6.54. The molecule has 0 bridgehead atoms. The number of hydrogen-bond acceptors (Lipinski definition) is 4. The van der Waals surface area contributed by atoms with Crippen LogP contribution in [0.15, 0.2) is 47.1 Å². The molecule has 1 fully saturated rings. The Morgan fingerprint density at radius 3 is 2.77 bits per heavy atom. The van der Waals surface area contributed by atoms with E-state index in [1.165, 1.54) is 19.1 Å². The number of anilines is 2. The number of benzene rings is 1. The highest BCUT2D eigenvalue weighted by Gasteiger charge is 2.18. The number of hydrogen-bond donors (Lipinski definition) is 1. The largest absolute Gasteiger partial charge is 0.459 e. The first-order valence-corrected chi connectivity index (χ1v) is 9.11. The summed E-state index contributed by atoms with van der Waals surface area (Å²) in [6.07, 6.45) is 3.93. The third-order valence-electron chi connectivity index (χ3n) is 5.11. The van der Waals surface area contributed by atoms with Crippen LogP contribution in [-0.2, 0) is 0 Å². The van der Waals surface area contributed by atoms with Gasteiger partial charge in [0.15, 0.2) is 5.76 Å². The van der Waals surface area contributed by atoms with Gasteiger partial charge in [-0.15, -0.1) is 0 Å².